The van der Waals surface area contributed by atoms with Crippen LogP contribution < -0.4 is 0 Å². The Hall–Kier alpha value is -1.13. The molecule has 0 spiro atoms. The van der Waals surface area contributed by atoms with Gasteiger partial charge in [-0.3, -0.25) is 4.98 Å². The second-order valence-corrected chi connectivity index (χ2v) is 2.55. The first kappa shape index (κ1) is 8.96. The molecule has 0 aromatic carbocycles. The van der Waals surface area contributed by atoms with Crippen molar-refractivity contribution in [2.24, 2.45) is 0 Å². The molecule has 1 rings (SSSR count). The van der Waals surface area contributed by atoms with Gasteiger partial charge in [0.1, 0.15) is 0 Å². The van der Waals surface area contributed by atoms with Gasteiger partial charge in [-0.25, -0.2) is 4.79 Å². The lowest BCUT2D eigenvalue weighted by atomic mass is 10.1. The van der Waals surface area contributed by atoms with Crippen molar-refractivity contribution in [3.8, 4) is 0 Å². The van der Waals surface area contributed by atoms with Crippen LogP contribution in [0.25, 0.3) is 0 Å². The first-order valence-corrected chi connectivity index (χ1v) is 3.51. The summed E-state index contributed by atoms with van der Waals surface area (Å²) < 4.78 is 0. The highest BCUT2D eigenvalue weighted by Crippen LogP contribution is 2.21. The van der Waals surface area contributed by atoms with Crippen molar-refractivity contribution in [1.82, 2.24) is 4.98 Å². The summed E-state index contributed by atoms with van der Waals surface area (Å²) in [5.41, 5.74) is 0.152. The van der Waals surface area contributed by atoms with E-state index in [4.69, 9.17) is 21.8 Å². The molecule has 2 N–H and O–H groups in total. The maximum Gasteiger partial charge on any atom is 0.337 e. The molecule has 0 aliphatic heterocycles. The lowest BCUT2D eigenvalue weighted by Crippen LogP contribution is -2.10. The summed E-state index contributed by atoms with van der Waals surface area (Å²) in [5, 5.41) is 17.6. The Morgan fingerprint density at radius 2 is 2.33 bits per heavy atom. The van der Waals surface area contributed by atoms with Crippen LogP contribution in [0.5, 0.6) is 0 Å². The number of aliphatic carboxylic acids is 1. The standard InChI is InChI=1S/C7H6ClNO3/c8-5-3-9-2-1-4(5)6(10)7(11)12/h1-3,6,10H,(H,11,12). The van der Waals surface area contributed by atoms with Crippen LogP contribution in [0.4, 0.5) is 0 Å². The Bertz CT molecular complexity index is 302. The number of pyridine rings is 1. The van der Waals surface area contributed by atoms with E-state index in [9.17, 15) is 4.79 Å². The number of carboxylic acids is 1. The third-order valence-electron chi connectivity index (χ3n) is 1.33. The van der Waals surface area contributed by atoms with Crippen molar-refractivity contribution in [1.29, 1.82) is 0 Å². The van der Waals surface area contributed by atoms with Gasteiger partial charge in [0.15, 0.2) is 6.10 Å². The summed E-state index contributed by atoms with van der Waals surface area (Å²) >= 11 is 5.58. The van der Waals surface area contributed by atoms with Gasteiger partial charge >= 0.3 is 5.97 Å². The number of aliphatic hydroxyl groups is 1. The van der Waals surface area contributed by atoms with E-state index in [1.807, 2.05) is 0 Å². The molecule has 0 amide bonds. The van der Waals surface area contributed by atoms with E-state index in [0.717, 1.165) is 0 Å². The van der Waals surface area contributed by atoms with Crippen LogP contribution in [0.15, 0.2) is 18.5 Å². The van der Waals surface area contributed by atoms with Gasteiger partial charge in [0, 0.05) is 18.0 Å². The average Bonchev–Trinajstić information content (AvgIpc) is 2.04. The van der Waals surface area contributed by atoms with Gasteiger partial charge < -0.3 is 10.2 Å². The fourth-order valence-electron chi connectivity index (χ4n) is 0.741. The predicted molar refractivity (Wildman–Crippen MR) is 41.8 cm³/mol. The Balaban J connectivity index is 3.02. The Morgan fingerprint density at radius 1 is 1.67 bits per heavy atom. The van der Waals surface area contributed by atoms with E-state index in [2.05, 4.69) is 4.98 Å². The number of aromatic nitrogens is 1. The zero-order valence-electron chi connectivity index (χ0n) is 5.94. The average molecular weight is 188 g/mol. The minimum Gasteiger partial charge on any atom is -0.479 e. The molecule has 0 saturated carbocycles. The molecule has 1 atom stereocenters. The number of aliphatic hydroxyl groups excluding tert-OH is 1. The molecule has 0 fully saturated rings. The maximum atomic E-state index is 10.3. The molecule has 4 nitrogen and oxygen atoms in total. The molecule has 0 radical (unpaired) electrons. The highest BCUT2D eigenvalue weighted by molar-refractivity contribution is 6.31. The zero-order chi connectivity index (χ0) is 9.14. The Labute approximate surface area is 73.4 Å². The summed E-state index contributed by atoms with van der Waals surface area (Å²) in [4.78, 5) is 14.0. The molecule has 0 aliphatic rings. The molecule has 1 unspecified atom stereocenters. The van der Waals surface area contributed by atoms with Gasteiger partial charge in [0.05, 0.1) is 5.02 Å². The first-order chi connectivity index (χ1) is 5.63. The largest absolute Gasteiger partial charge is 0.479 e. The van der Waals surface area contributed by atoms with Crippen LogP contribution in [0.2, 0.25) is 5.02 Å². The molecule has 5 heteroatoms. The molecule has 1 aromatic heterocycles. The minimum absolute atomic E-state index is 0.146. The molecular weight excluding hydrogens is 182 g/mol. The second kappa shape index (κ2) is 3.51. The Morgan fingerprint density at radius 3 is 2.83 bits per heavy atom. The van der Waals surface area contributed by atoms with Gasteiger partial charge in [-0.15, -0.1) is 0 Å². The molecular formula is C7H6ClNO3. The molecule has 64 valence electrons. The zero-order valence-corrected chi connectivity index (χ0v) is 6.69. The third-order valence-corrected chi connectivity index (χ3v) is 1.65. The highest BCUT2D eigenvalue weighted by Gasteiger charge is 2.18. The van der Waals surface area contributed by atoms with Gasteiger partial charge in [-0.2, -0.15) is 0 Å². The van der Waals surface area contributed by atoms with Crippen molar-refractivity contribution in [3.05, 3.63) is 29.0 Å². The SMILES string of the molecule is O=C(O)C(O)c1ccncc1Cl. The summed E-state index contributed by atoms with van der Waals surface area (Å²) in [6, 6.07) is 1.36. The van der Waals surface area contributed by atoms with Gasteiger partial charge in [-0.1, -0.05) is 11.6 Å². The number of carbonyl (C=O) groups is 1. The smallest absolute Gasteiger partial charge is 0.337 e. The molecule has 12 heavy (non-hydrogen) atoms. The van der Waals surface area contributed by atoms with Crippen molar-refractivity contribution >= 4 is 17.6 Å². The van der Waals surface area contributed by atoms with Crippen molar-refractivity contribution < 1.29 is 15.0 Å². The lowest BCUT2D eigenvalue weighted by molar-refractivity contribution is -0.146. The van der Waals surface area contributed by atoms with Crippen LogP contribution in [0.3, 0.4) is 0 Å². The number of halogens is 1. The van der Waals surface area contributed by atoms with E-state index >= 15 is 0 Å². The summed E-state index contributed by atoms with van der Waals surface area (Å²) in [6.07, 6.45) is 1.07. The molecule has 0 bridgehead atoms. The summed E-state index contributed by atoms with van der Waals surface area (Å²) in [6.45, 7) is 0. The normalized spacial score (nSPS) is 12.5. The molecule has 1 aromatic rings. The van der Waals surface area contributed by atoms with Crippen molar-refractivity contribution in [3.63, 3.8) is 0 Å². The van der Waals surface area contributed by atoms with E-state index in [0.29, 0.717) is 0 Å². The van der Waals surface area contributed by atoms with Crippen LogP contribution in [0, 0.1) is 0 Å². The number of rotatable bonds is 2. The third kappa shape index (κ3) is 1.72. The van der Waals surface area contributed by atoms with Crippen LogP contribution >= 0.6 is 11.6 Å². The van der Waals surface area contributed by atoms with E-state index < -0.39 is 12.1 Å². The molecule has 0 aliphatic carbocycles. The van der Waals surface area contributed by atoms with E-state index in [-0.39, 0.29) is 10.6 Å². The van der Waals surface area contributed by atoms with Crippen LogP contribution in [-0.2, 0) is 4.79 Å². The van der Waals surface area contributed by atoms with Gasteiger partial charge in [0.25, 0.3) is 0 Å². The van der Waals surface area contributed by atoms with Gasteiger partial charge in [0.2, 0.25) is 0 Å². The first-order valence-electron chi connectivity index (χ1n) is 3.13. The predicted octanol–water partition coefficient (Wildman–Crippen LogP) is 0.853. The fraction of sp³-hybridized carbons (Fsp3) is 0.143. The Kier molecular flexibility index (Phi) is 2.62. The maximum absolute atomic E-state index is 10.3. The highest BCUT2D eigenvalue weighted by atomic mass is 35.5. The number of hydrogen-bond donors (Lipinski definition) is 2. The quantitative estimate of drug-likeness (QED) is 0.720. The number of carboxylic acid groups (broad SMARTS) is 1. The van der Waals surface area contributed by atoms with Crippen molar-refractivity contribution in [2.75, 3.05) is 0 Å². The lowest BCUT2D eigenvalue weighted by Gasteiger charge is -2.05. The summed E-state index contributed by atoms with van der Waals surface area (Å²) in [7, 11) is 0. The number of hydrogen-bond acceptors (Lipinski definition) is 3. The second-order valence-electron chi connectivity index (χ2n) is 2.14. The van der Waals surface area contributed by atoms with Gasteiger partial charge in [-0.05, 0) is 6.07 Å². The monoisotopic (exact) mass is 187 g/mol. The van der Waals surface area contributed by atoms with Crippen LogP contribution in [0.1, 0.15) is 11.7 Å². The minimum atomic E-state index is -1.58. The topological polar surface area (TPSA) is 70.4 Å². The molecule has 1 heterocycles. The van der Waals surface area contributed by atoms with Crippen molar-refractivity contribution in [2.45, 2.75) is 6.10 Å². The summed E-state index contributed by atoms with van der Waals surface area (Å²) in [5.74, 6) is -1.33. The molecule has 0 saturated heterocycles. The van der Waals surface area contributed by atoms with E-state index in [1.54, 1.807) is 0 Å². The van der Waals surface area contributed by atoms with E-state index in [1.165, 1.54) is 18.5 Å². The van der Waals surface area contributed by atoms with Crippen LogP contribution in [-0.4, -0.2) is 21.2 Å². The fourth-order valence-corrected chi connectivity index (χ4v) is 0.963. The number of nitrogens with zero attached hydrogens (tertiary/aromatic N) is 1.